The Morgan fingerprint density at radius 1 is 1.33 bits per heavy atom. The Kier molecular flexibility index (Phi) is 2.79. The number of halogens is 2. The summed E-state index contributed by atoms with van der Waals surface area (Å²) in [5.41, 5.74) is 0.783. The van der Waals surface area contributed by atoms with Crippen LogP contribution in [0.2, 0.25) is 0 Å². The monoisotopic (exact) mass is 250 g/mol. The minimum Gasteiger partial charge on any atom is -0.308 e. The molecule has 0 radical (unpaired) electrons. The molecule has 0 saturated heterocycles. The van der Waals surface area contributed by atoms with Crippen LogP contribution in [0.3, 0.4) is 0 Å². The molecule has 1 fully saturated rings. The highest BCUT2D eigenvalue weighted by molar-refractivity contribution is 5.33. The van der Waals surface area contributed by atoms with Crippen molar-refractivity contribution in [2.24, 2.45) is 0 Å². The zero-order chi connectivity index (χ0) is 12.5. The fourth-order valence-electron chi connectivity index (χ4n) is 1.70. The van der Waals surface area contributed by atoms with Crippen molar-refractivity contribution in [3.05, 3.63) is 41.7 Å². The summed E-state index contributed by atoms with van der Waals surface area (Å²) >= 11 is 0. The van der Waals surface area contributed by atoms with E-state index in [0.29, 0.717) is 18.3 Å². The van der Waals surface area contributed by atoms with Gasteiger partial charge in [-0.2, -0.15) is 0 Å². The van der Waals surface area contributed by atoms with Gasteiger partial charge in [-0.1, -0.05) is 11.3 Å². The number of nitrogens with zero attached hydrogens (tertiary/aromatic N) is 3. The molecule has 1 aromatic heterocycles. The third-order valence-electron chi connectivity index (χ3n) is 2.87. The molecule has 1 heterocycles. The van der Waals surface area contributed by atoms with Gasteiger partial charge in [0.1, 0.15) is 5.69 Å². The van der Waals surface area contributed by atoms with E-state index in [9.17, 15) is 8.78 Å². The first-order chi connectivity index (χ1) is 8.74. The molecule has 0 aliphatic heterocycles. The normalized spacial score (nSPS) is 15.0. The van der Waals surface area contributed by atoms with E-state index in [4.69, 9.17) is 0 Å². The second kappa shape index (κ2) is 4.45. The maximum Gasteiger partial charge on any atom is 0.184 e. The quantitative estimate of drug-likeness (QED) is 0.899. The van der Waals surface area contributed by atoms with Gasteiger partial charge < -0.3 is 5.32 Å². The van der Waals surface area contributed by atoms with E-state index in [0.717, 1.165) is 6.07 Å². The van der Waals surface area contributed by atoms with Crippen molar-refractivity contribution in [3.8, 4) is 5.69 Å². The van der Waals surface area contributed by atoms with Crippen LogP contribution in [0.15, 0.2) is 24.4 Å². The molecular weight excluding hydrogens is 238 g/mol. The third kappa shape index (κ3) is 2.24. The van der Waals surface area contributed by atoms with E-state index >= 15 is 0 Å². The minimum absolute atomic E-state index is 0.0696. The van der Waals surface area contributed by atoms with Crippen molar-refractivity contribution in [1.29, 1.82) is 0 Å². The van der Waals surface area contributed by atoms with Gasteiger partial charge in [-0.25, -0.2) is 13.5 Å². The molecule has 1 aliphatic carbocycles. The number of hydrogen-bond donors (Lipinski definition) is 1. The van der Waals surface area contributed by atoms with Crippen LogP contribution in [0.25, 0.3) is 5.69 Å². The molecule has 1 saturated carbocycles. The zero-order valence-electron chi connectivity index (χ0n) is 9.61. The van der Waals surface area contributed by atoms with Crippen molar-refractivity contribution < 1.29 is 8.78 Å². The van der Waals surface area contributed by atoms with Gasteiger partial charge in [-0.05, 0) is 25.0 Å². The summed E-state index contributed by atoms with van der Waals surface area (Å²) in [7, 11) is 0. The molecule has 6 heteroatoms. The van der Waals surface area contributed by atoms with Gasteiger partial charge in [0, 0.05) is 12.6 Å². The SMILES string of the molecule is Fc1cccc(-n2cc(CNC3CC3)nn2)c1F. The number of benzene rings is 1. The smallest absolute Gasteiger partial charge is 0.184 e. The molecule has 0 unspecified atom stereocenters. The van der Waals surface area contributed by atoms with Crippen LogP contribution in [0, 0.1) is 11.6 Å². The van der Waals surface area contributed by atoms with Crippen LogP contribution in [-0.2, 0) is 6.54 Å². The van der Waals surface area contributed by atoms with Gasteiger partial charge >= 0.3 is 0 Å². The molecule has 18 heavy (non-hydrogen) atoms. The van der Waals surface area contributed by atoms with Crippen molar-refractivity contribution in [3.63, 3.8) is 0 Å². The lowest BCUT2D eigenvalue weighted by molar-refractivity contribution is 0.500. The first-order valence-corrected chi connectivity index (χ1v) is 5.83. The van der Waals surface area contributed by atoms with Gasteiger partial charge in [-0.15, -0.1) is 5.10 Å². The maximum atomic E-state index is 13.5. The highest BCUT2D eigenvalue weighted by Crippen LogP contribution is 2.19. The largest absolute Gasteiger partial charge is 0.308 e. The first-order valence-electron chi connectivity index (χ1n) is 5.83. The Labute approximate surface area is 103 Å². The summed E-state index contributed by atoms with van der Waals surface area (Å²) in [6.07, 6.45) is 3.98. The average molecular weight is 250 g/mol. The van der Waals surface area contributed by atoms with E-state index in [2.05, 4.69) is 15.6 Å². The lowest BCUT2D eigenvalue weighted by Crippen LogP contribution is -2.15. The van der Waals surface area contributed by atoms with E-state index in [1.165, 1.54) is 29.7 Å². The van der Waals surface area contributed by atoms with Crippen molar-refractivity contribution in [2.75, 3.05) is 0 Å². The summed E-state index contributed by atoms with van der Waals surface area (Å²) in [5, 5.41) is 11.0. The topological polar surface area (TPSA) is 42.7 Å². The molecule has 1 aromatic carbocycles. The first kappa shape index (κ1) is 11.3. The van der Waals surface area contributed by atoms with Crippen LogP contribution < -0.4 is 5.32 Å². The lowest BCUT2D eigenvalue weighted by atomic mass is 10.3. The standard InChI is InChI=1S/C12H12F2N4/c13-10-2-1-3-11(12(10)14)18-7-9(16-17-18)6-15-8-4-5-8/h1-3,7-8,15H,4-6H2. The second-order valence-corrected chi connectivity index (χ2v) is 4.38. The van der Waals surface area contributed by atoms with E-state index < -0.39 is 11.6 Å². The predicted octanol–water partition coefficient (Wildman–Crippen LogP) is 1.80. The van der Waals surface area contributed by atoms with Crippen LogP contribution in [-0.4, -0.2) is 21.0 Å². The average Bonchev–Trinajstić information content (AvgIpc) is 3.08. The van der Waals surface area contributed by atoms with Crippen molar-refractivity contribution in [1.82, 2.24) is 20.3 Å². The summed E-state index contributed by atoms with van der Waals surface area (Å²) in [5.74, 6) is -1.80. The molecular formula is C12H12F2N4. The highest BCUT2D eigenvalue weighted by Gasteiger charge is 2.20. The molecule has 0 amide bonds. The summed E-state index contributed by atoms with van der Waals surface area (Å²) in [6, 6.07) is 4.55. The molecule has 1 N–H and O–H groups in total. The van der Waals surface area contributed by atoms with Crippen LogP contribution in [0.5, 0.6) is 0 Å². The summed E-state index contributed by atoms with van der Waals surface area (Å²) in [6.45, 7) is 0.599. The Hall–Kier alpha value is -1.82. The summed E-state index contributed by atoms with van der Waals surface area (Å²) in [4.78, 5) is 0. The van der Waals surface area contributed by atoms with Gasteiger partial charge in [0.25, 0.3) is 0 Å². The van der Waals surface area contributed by atoms with Crippen molar-refractivity contribution >= 4 is 0 Å². The van der Waals surface area contributed by atoms with Gasteiger partial charge in [0.2, 0.25) is 0 Å². The van der Waals surface area contributed by atoms with E-state index in [1.807, 2.05) is 0 Å². The Bertz CT molecular complexity index is 563. The Balaban J connectivity index is 1.80. The zero-order valence-corrected chi connectivity index (χ0v) is 9.61. The Morgan fingerprint density at radius 3 is 2.94 bits per heavy atom. The van der Waals surface area contributed by atoms with E-state index in [-0.39, 0.29) is 5.69 Å². The van der Waals surface area contributed by atoms with Crippen LogP contribution in [0.1, 0.15) is 18.5 Å². The van der Waals surface area contributed by atoms with Gasteiger partial charge in [0.05, 0.1) is 11.9 Å². The molecule has 94 valence electrons. The van der Waals surface area contributed by atoms with E-state index in [1.54, 1.807) is 6.20 Å². The van der Waals surface area contributed by atoms with Gasteiger partial charge in [-0.3, -0.25) is 0 Å². The van der Waals surface area contributed by atoms with Crippen molar-refractivity contribution in [2.45, 2.75) is 25.4 Å². The van der Waals surface area contributed by atoms with Crippen LogP contribution in [0.4, 0.5) is 8.78 Å². The Morgan fingerprint density at radius 2 is 2.17 bits per heavy atom. The highest BCUT2D eigenvalue weighted by atomic mass is 19.2. The second-order valence-electron chi connectivity index (χ2n) is 4.38. The van der Waals surface area contributed by atoms with Gasteiger partial charge in [0.15, 0.2) is 11.6 Å². The molecule has 0 atom stereocenters. The molecule has 0 spiro atoms. The third-order valence-corrected chi connectivity index (χ3v) is 2.87. The number of rotatable bonds is 4. The summed E-state index contributed by atoms with van der Waals surface area (Å²) < 4.78 is 27.9. The fraction of sp³-hybridized carbons (Fsp3) is 0.333. The molecule has 4 nitrogen and oxygen atoms in total. The number of aromatic nitrogens is 3. The lowest BCUT2D eigenvalue weighted by Gasteiger charge is -2.02. The minimum atomic E-state index is -0.913. The molecule has 3 rings (SSSR count). The molecule has 0 bridgehead atoms. The molecule has 1 aliphatic rings. The maximum absolute atomic E-state index is 13.5. The molecule has 2 aromatic rings. The number of hydrogen-bond acceptors (Lipinski definition) is 3. The predicted molar refractivity (Wildman–Crippen MR) is 61.1 cm³/mol. The fourth-order valence-corrected chi connectivity index (χ4v) is 1.70. The number of nitrogens with one attached hydrogen (secondary N) is 1. The van der Waals surface area contributed by atoms with Crippen LogP contribution >= 0.6 is 0 Å².